The summed E-state index contributed by atoms with van der Waals surface area (Å²) >= 11 is 0. The molecule has 0 heterocycles. The van der Waals surface area contributed by atoms with E-state index in [1.807, 2.05) is 0 Å². The van der Waals surface area contributed by atoms with E-state index in [1.165, 1.54) is 13.8 Å². The molecule has 85 valence electrons. The van der Waals surface area contributed by atoms with Crippen LogP contribution in [0.5, 0.6) is 0 Å². The van der Waals surface area contributed by atoms with Crippen molar-refractivity contribution >= 4 is 0 Å². The minimum absolute atomic E-state index is 0. The van der Waals surface area contributed by atoms with Crippen LogP contribution in [0.15, 0.2) is 0 Å². The fourth-order valence-corrected chi connectivity index (χ4v) is 0.469. The second kappa shape index (κ2) is 14.9. The van der Waals surface area contributed by atoms with E-state index in [4.69, 9.17) is 0 Å². The van der Waals surface area contributed by atoms with E-state index in [0.29, 0.717) is 13.2 Å². The van der Waals surface area contributed by atoms with E-state index in [1.54, 1.807) is 13.8 Å². The quantitative estimate of drug-likeness (QED) is 0.490. The van der Waals surface area contributed by atoms with Crippen LogP contribution in [-0.4, -0.2) is 25.8 Å². The molecule has 0 spiro atoms. The van der Waals surface area contributed by atoms with Crippen LogP contribution in [-0.2, 0) is 26.5 Å². The Kier molecular flexibility index (Phi) is 21.7. The molecule has 1 radical (unpaired) electrons. The molecule has 0 aliphatic heterocycles. The van der Waals surface area contributed by atoms with Crippen LogP contribution in [0.2, 0.25) is 0 Å². The molecule has 2 unspecified atom stereocenters. The van der Waals surface area contributed by atoms with Gasteiger partial charge in [0.15, 0.2) is 0 Å². The minimum atomic E-state index is -0.852. The van der Waals surface area contributed by atoms with E-state index >= 15 is 0 Å². The summed E-state index contributed by atoms with van der Waals surface area (Å²) in [5.41, 5.74) is 0. The number of hydrogen-bond donors (Lipinski definition) is 0. The molecule has 2 atom stereocenters. The summed E-state index contributed by atoms with van der Waals surface area (Å²) in [6.07, 6.45) is -1.70. The standard InChI is InChI=1S/2C4H9O2.Cu/c2*1-3-6-4(2)5;/h2*4H,3H2,1-2H3;/q2*-1;+2. The van der Waals surface area contributed by atoms with Crippen LogP contribution < -0.4 is 10.2 Å². The average molecular weight is 242 g/mol. The molecule has 0 saturated carbocycles. The Labute approximate surface area is 90.7 Å². The molecular weight excluding hydrogens is 224 g/mol. The van der Waals surface area contributed by atoms with Crippen molar-refractivity contribution in [1.82, 2.24) is 0 Å². The SMILES string of the molecule is CCOC(C)[O-].CCOC(C)[O-].[Cu+2]. The Morgan fingerprint density at radius 1 is 0.923 bits per heavy atom. The van der Waals surface area contributed by atoms with E-state index in [0.717, 1.165) is 0 Å². The molecule has 0 N–H and O–H groups in total. The van der Waals surface area contributed by atoms with E-state index < -0.39 is 12.6 Å². The van der Waals surface area contributed by atoms with Crippen molar-refractivity contribution in [2.24, 2.45) is 0 Å². The summed E-state index contributed by atoms with van der Waals surface area (Å²) in [5.74, 6) is 0. The summed E-state index contributed by atoms with van der Waals surface area (Å²) in [6.45, 7) is 7.59. The maximum atomic E-state index is 9.90. The van der Waals surface area contributed by atoms with Gasteiger partial charge < -0.3 is 19.7 Å². The third kappa shape index (κ3) is 32.8. The van der Waals surface area contributed by atoms with Gasteiger partial charge in [-0.15, -0.1) is 0 Å². The molecule has 4 nitrogen and oxygen atoms in total. The van der Waals surface area contributed by atoms with Crippen molar-refractivity contribution in [2.45, 2.75) is 40.3 Å². The summed E-state index contributed by atoms with van der Waals surface area (Å²) < 4.78 is 8.97. The first-order valence-corrected chi connectivity index (χ1v) is 4.09. The largest absolute Gasteiger partial charge is 2.00 e. The number of ether oxygens (including phenoxy) is 2. The molecule has 5 heteroatoms. The fourth-order valence-electron chi connectivity index (χ4n) is 0.469. The van der Waals surface area contributed by atoms with Crippen LogP contribution >= 0.6 is 0 Å². The molecule has 0 fully saturated rings. The third-order valence-electron chi connectivity index (χ3n) is 0.803. The fraction of sp³-hybridized carbons (Fsp3) is 1.00. The molecule has 0 aromatic carbocycles. The van der Waals surface area contributed by atoms with Crippen molar-refractivity contribution in [1.29, 1.82) is 0 Å². The maximum absolute atomic E-state index is 9.90. The average Bonchev–Trinajstić information content (AvgIpc) is 1.87. The summed E-state index contributed by atoms with van der Waals surface area (Å²) in [6, 6.07) is 0. The van der Waals surface area contributed by atoms with Crippen molar-refractivity contribution in [3.05, 3.63) is 0 Å². The Balaban J connectivity index is -0.000000143. The van der Waals surface area contributed by atoms with E-state index in [9.17, 15) is 10.2 Å². The smallest absolute Gasteiger partial charge is 0.831 e. The van der Waals surface area contributed by atoms with Gasteiger partial charge in [-0.2, -0.15) is 0 Å². The van der Waals surface area contributed by atoms with Crippen LogP contribution in [0.4, 0.5) is 0 Å². The van der Waals surface area contributed by atoms with E-state index in [2.05, 4.69) is 9.47 Å². The van der Waals surface area contributed by atoms with Gasteiger partial charge in [0.1, 0.15) is 0 Å². The molecule has 0 amide bonds. The minimum Gasteiger partial charge on any atom is -0.831 e. The van der Waals surface area contributed by atoms with Gasteiger partial charge in [-0.1, -0.05) is 13.8 Å². The zero-order valence-corrected chi connectivity index (χ0v) is 9.45. The maximum Gasteiger partial charge on any atom is 2.00 e. The van der Waals surface area contributed by atoms with E-state index in [-0.39, 0.29) is 17.1 Å². The Hall–Kier alpha value is 0.359. The van der Waals surface area contributed by atoms with Crippen molar-refractivity contribution < 1.29 is 36.8 Å². The molecule has 0 aliphatic carbocycles. The predicted octanol–water partition coefficient (Wildman–Crippen LogP) is -0.544. The number of rotatable bonds is 4. The van der Waals surface area contributed by atoms with Gasteiger partial charge in [0.25, 0.3) is 0 Å². The molecule has 0 aromatic rings. The zero-order chi connectivity index (χ0) is 9.98. The molecule has 0 rings (SSSR count). The number of hydrogen-bond acceptors (Lipinski definition) is 4. The van der Waals surface area contributed by atoms with Gasteiger partial charge >= 0.3 is 17.1 Å². The van der Waals surface area contributed by atoms with Crippen LogP contribution in [0.25, 0.3) is 0 Å². The normalized spacial score (nSPS) is 13.4. The monoisotopic (exact) mass is 241 g/mol. The first kappa shape index (κ1) is 19.0. The van der Waals surface area contributed by atoms with Crippen LogP contribution in [0, 0.1) is 0 Å². The van der Waals surface area contributed by atoms with Gasteiger partial charge in [-0.05, 0) is 26.4 Å². The Bertz CT molecular complexity index is 68.5. The molecular formula is C8H18CuO4. The van der Waals surface area contributed by atoms with Crippen molar-refractivity contribution in [3.8, 4) is 0 Å². The van der Waals surface area contributed by atoms with Gasteiger partial charge in [-0.25, -0.2) is 0 Å². The second-order valence-electron chi connectivity index (χ2n) is 2.05. The van der Waals surface area contributed by atoms with Gasteiger partial charge in [0, 0.05) is 13.2 Å². The van der Waals surface area contributed by atoms with Gasteiger partial charge in [-0.3, -0.25) is 0 Å². The molecule has 0 aliphatic rings. The van der Waals surface area contributed by atoms with Crippen molar-refractivity contribution in [3.63, 3.8) is 0 Å². The van der Waals surface area contributed by atoms with Gasteiger partial charge in [0.2, 0.25) is 0 Å². The third-order valence-corrected chi connectivity index (χ3v) is 0.803. The first-order valence-electron chi connectivity index (χ1n) is 4.09. The van der Waals surface area contributed by atoms with Crippen LogP contribution in [0.1, 0.15) is 27.7 Å². The zero-order valence-electron chi connectivity index (χ0n) is 8.50. The first-order chi connectivity index (χ1) is 5.54. The molecule has 13 heavy (non-hydrogen) atoms. The molecule has 0 aromatic heterocycles. The van der Waals surface area contributed by atoms with Crippen LogP contribution in [0.3, 0.4) is 0 Å². The second-order valence-corrected chi connectivity index (χ2v) is 2.05. The topological polar surface area (TPSA) is 64.6 Å². The van der Waals surface area contributed by atoms with Gasteiger partial charge in [0.05, 0.1) is 0 Å². The summed E-state index contributed by atoms with van der Waals surface area (Å²) in [7, 11) is 0. The predicted molar refractivity (Wildman–Crippen MR) is 42.2 cm³/mol. The summed E-state index contributed by atoms with van der Waals surface area (Å²) in [4.78, 5) is 0. The molecule has 0 saturated heterocycles. The molecule has 0 bridgehead atoms. The Morgan fingerprint density at radius 2 is 1.15 bits per heavy atom. The Morgan fingerprint density at radius 3 is 1.15 bits per heavy atom. The summed E-state index contributed by atoms with van der Waals surface area (Å²) in [5, 5.41) is 19.8. The van der Waals surface area contributed by atoms with Crippen molar-refractivity contribution in [2.75, 3.05) is 13.2 Å².